The molecule has 0 radical (unpaired) electrons. The number of anilines is 2. The molecule has 0 amide bonds. The van der Waals surface area contributed by atoms with Crippen molar-refractivity contribution in [2.75, 3.05) is 31.1 Å². The van der Waals surface area contributed by atoms with E-state index in [4.69, 9.17) is 10.6 Å². The number of ether oxygens (including phenoxy) is 1. The van der Waals surface area contributed by atoms with Crippen molar-refractivity contribution in [3.63, 3.8) is 0 Å². The molecule has 6 heteroatoms. The molecule has 3 N–H and O–H groups in total. The average molecular weight is 253 g/mol. The Morgan fingerprint density at radius 1 is 1.39 bits per heavy atom. The van der Waals surface area contributed by atoms with E-state index in [1.165, 1.54) is 6.33 Å². The first-order chi connectivity index (χ1) is 8.52. The van der Waals surface area contributed by atoms with Crippen molar-refractivity contribution in [3.05, 3.63) is 11.9 Å². The van der Waals surface area contributed by atoms with Crippen molar-refractivity contribution in [1.82, 2.24) is 9.97 Å². The van der Waals surface area contributed by atoms with Gasteiger partial charge in [0.1, 0.15) is 18.0 Å². The zero-order chi connectivity index (χ0) is 13.7. The van der Waals surface area contributed by atoms with Gasteiger partial charge in [-0.05, 0) is 12.8 Å². The van der Waals surface area contributed by atoms with E-state index in [1.807, 2.05) is 7.05 Å². The molecule has 1 unspecified atom stereocenters. The molecule has 0 aliphatic rings. The molecule has 0 spiro atoms. The summed E-state index contributed by atoms with van der Waals surface area (Å²) in [4.78, 5) is 10.6. The van der Waals surface area contributed by atoms with Crippen molar-refractivity contribution >= 4 is 11.6 Å². The third-order valence-corrected chi connectivity index (χ3v) is 2.98. The number of nitrogens with zero attached hydrogens (tertiary/aromatic N) is 3. The standard InChI is InChI=1S/C12H23N5O/c1-8(2)10-11(16-13)14-7-15-12(10)17(4)9(3)6-18-5/h7-9H,6,13H2,1-5H3,(H,14,15,16). The van der Waals surface area contributed by atoms with E-state index in [0.29, 0.717) is 12.4 Å². The Kier molecular flexibility index (Phi) is 5.30. The molecule has 0 aliphatic heterocycles. The van der Waals surface area contributed by atoms with E-state index in [1.54, 1.807) is 7.11 Å². The molecule has 0 saturated carbocycles. The van der Waals surface area contributed by atoms with Gasteiger partial charge < -0.3 is 15.1 Å². The first-order valence-corrected chi connectivity index (χ1v) is 6.06. The number of nitrogens with one attached hydrogen (secondary N) is 1. The normalized spacial score (nSPS) is 12.6. The third kappa shape index (κ3) is 3.08. The molecule has 1 aromatic rings. The van der Waals surface area contributed by atoms with Gasteiger partial charge in [-0.2, -0.15) is 0 Å². The van der Waals surface area contributed by atoms with Crippen LogP contribution in [0.1, 0.15) is 32.3 Å². The maximum absolute atomic E-state index is 5.51. The highest BCUT2D eigenvalue weighted by atomic mass is 16.5. The highest BCUT2D eigenvalue weighted by molar-refractivity contribution is 5.59. The molecular formula is C12H23N5O. The van der Waals surface area contributed by atoms with Gasteiger partial charge in [0.25, 0.3) is 0 Å². The molecule has 0 fully saturated rings. The number of hydrazine groups is 1. The summed E-state index contributed by atoms with van der Waals surface area (Å²) in [6.07, 6.45) is 1.52. The van der Waals surface area contributed by atoms with Crippen LogP contribution in [0.15, 0.2) is 6.33 Å². The number of hydrogen-bond acceptors (Lipinski definition) is 6. The lowest BCUT2D eigenvalue weighted by Gasteiger charge is -2.28. The van der Waals surface area contributed by atoms with Gasteiger partial charge in [-0.25, -0.2) is 15.8 Å². The van der Waals surface area contributed by atoms with Crippen LogP contribution in [0.3, 0.4) is 0 Å². The van der Waals surface area contributed by atoms with Gasteiger partial charge in [-0.3, -0.25) is 0 Å². The molecule has 0 aliphatic carbocycles. The zero-order valence-electron chi connectivity index (χ0n) is 11.8. The van der Waals surface area contributed by atoms with Crippen molar-refractivity contribution in [2.45, 2.75) is 32.7 Å². The second-order valence-corrected chi connectivity index (χ2v) is 4.67. The quantitative estimate of drug-likeness (QED) is 0.589. The zero-order valence-corrected chi connectivity index (χ0v) is 11.8. The minimum atomic E-state index is 0.230. The topological polar surface area (TPSA) is 76.3 Å². The maximum Gasteiger partial charge on any atom is 0.148 e. The fourth-order valence-electron chi connectivity index (χ4n) is 1.88. The molecule has 1 aromatic heterocycles. The monoisotopic (exact) mass is 253 g/mol. The summed E-state index contributed by atoms with van der Waals surface area (Å²) in [6.45, 7) is 6.92. The molecular weight excluding hydrogens is 230 g/mol. The Hall–Kier alpha value is -1.40. The number of likely N-dealkylation sites (N-methyl/N-ethyl adjacent to an activating group) is 1. The largest absolute Gasteiger partial charge is 0.383 e. The van der Waals surface area contributed by atoms with Crippen LogP contribution in [0.4, 0.5) is 11.6 Å². The summed E-state index contributed by atoms with van der Waals surface area (Å²) in [7, 11) is 3.69. The lowest BCUT2D eigenvalue weighted by atomic mass is 10.0. The van der Waals surface area contributed by atoms with Gasteiger partial charge in [0.05, 0.1) is 12.6 Å². The molecule has 1 heterocycles. The lowest BCUT2D eigenvalue weighted by molar-refractivity contribution is 0.183. The van der Waals surface area contributed by atoms with Crippen LogP contribution in [0.2, 0.25) is 0 Å². The Bertz CT molecular complexity index is 383. The van der Waals surface area contributed by atoms with Gasteiger partial charge in [-0.15, -0.1) is 0 Å². The maximum atomic E-state index is 5.51. The van der Waals surface area contributed by atoms with E-state index in [0.717, 1.165) is 11.4 Å². The first-order valence-electron chi connectivity index (χ1n) is 6.06. The summed E-state index contributed by atoms with van der Waals surface area (Å²) in [6, 6.07) is 0.230. The Balaban J connectivity index is 3.14. The van der Waals surface area contributed by atoms with Crippen LogP contribution < -0.4 is 16.2 Å². The fourth-order valence-corrected chi connectivity index (χ4v) is 1.88. The van der Waals surface area contributed by atoms with Gasteiger partial charge in [0.2, 0.25) is 0 Å². The first kappa shape index (κ1) is 14.7. The number of rotatable bonds is 6. The molecule has 1 atom stereocenters. The van der Waals surface area contributed by atoms with Crippen molar-refractivity contribution in [3.8, 4) is 0 Å². The van der Waals surface area contributed by atoms with Crippen LogP contribution in [-0.2, 0) is 4.74 Å². The van der Waals surface area contributed by atoms with Crippen molar-refractivity contribution in [2.24, 2.45) is 5.84 Å². The Labute approximate surface area is 109 Å². The summed E-state index contributed by atoms with van der Waals surface area (Å²) in [5.74, 6) is 7.35. The molecule has 18 heavy (non-hydrogen) atoms. The van der Waals surface area contributed by atoms with E-state index >= 15 is 0 Å². The minimum absolute atomic E-state index is 0.230. The highest BCUT2D eigenvalue weighted by Gasteiger charge is 2.20. The fraction of sp³-hybridized carbons (Fsp3) is 0.667. The van der Waals surface area contributed by atoms with Gasteiger partial charge in [0, 0.05) is 19.7 Å². The Morgan fingerprint density at radius 3 is 2.56 bits per heavy atom. The van der Waals surface area contributed by atoms with E-state index in [-0.39, 0.29) is 12.0 Å². The van der Waals surface area contributed by atoms with E-state index in [2.05, 4.69) is 41.1 Å². The second kappa shape index (κ2) is 6.51. The summed E-state index contributed by atoms with van der Waals surface area (Å²) >= 11 is 0. The summed E-state index contributed by atoms with van der Waals surface area (Å²) < 4.78 is 5.18. The van der Waals surface area contributed by atoms with Crippen LogP contribution in [0, 0.1) is 0 Å². The molecule has 1 rings (SSSR count). The number of methoxy groups -OCH3 is 1. The molecule has 0 aromatic carbocycles. The van der Waals surface area contributed by atoms with Gasteiger partial charge in [0.15, 0.2) is 0 Å². The van der Waals surface area contributed by atoms with Crippen LogP contribution in [0.25, 0.3) is 0 Å². The number of hydrogen-bond donors (Lipinski definition) is 2. The van der Waals surface area contributed by atoms with E-state index in [9.17, 15) is 0 Å². The average Bonchev–Trinajstić information content (AvgIpc) is 2.36. The SMILES string of the molecule is COCC(C)N(C)c1ncnc(NN)c1C(C)C. The predicted molar refractivity (Wildman–Crippen MR) is 73.7 cm³/mol. The van der Waals surface area contributed by atoms with Crippen LogP contribution in [0.5, 0.6) is 0 Å². The molecule has 102 valence electrons. The second-order valence-electron chi connectivity index (χ2n) is 4.67. The predicted octanol–water partition coefficient (Wildman–Crippen LogP) is 1.36. The molecule has 0 bridgehead atoms. The third-order valence-electron chi connectivity index (χ3n) is 2.98. The minimum Gasteiger partial charge on any atom is -0.383 e. The van der Waals surface area contributed by atoms with Crippen LogP contribution >= 0.6 is 0 Å². The van der Waals surface area contributed by atoms with Gasteiger partial charge in [-0.1, -0.05) is 13.8 Å². The Morgan fingerprint density at radius 2 is 2.06 bits per heavy atom. The van der Waals surface area contributed by atoms with E-state index < -0.39 is 0 Å². The molecule has 6 nitrogen and oxygen atoms in total. The van der Waals surface area contributed by atoms with Crippen molar-refractivity contribution in [1.29, 1.82) is 0 Å². The van der Waals surface area contributed by atoms with Gasteiger partial charge >= 0.3 is 0 Å². The molecule has 0 saturated heterocycles. The highest BCUT2D eigenvalue weighted by Crippen LogP contribution is 2.30. The van der Waals surface area contributed by atoms with Crippen LogP contribution in [-0.4, -0.2) is 36.8 Å². The van der Waals surface area contributed by atoms with Crippen molar-refractivity contribution < 1.29 is 4.74 Å². The number of nitrogen functional groups attached to an aromatic ring is 1. The summed E-state index contributed by atoms with van der Waals surface area (Å²) in [5, 5.41) is 0. The smallest absolute Gasteiger partial charge is 0.148 e. The number of nitrogens with two attached hydrogens (primary N) is 1. The summed E-state index contributed by atoms with van der Waals surface area (Å²) in [5.41, 5.74) is 3.65. The lowest BCUT2D eigenvalue weighted by Crippen LogP contribution is -2.34. The number of aromatic nitrogens is 2.